The van der Waals surface area contributed by atoms with E-state index in [1.54, 1.807) is 0 Å². The average Bonchev–Trinajstić information content (AvgIpc) is 3.10. The van der Waals surface area contributed by atoms with Crippen LogP contribution in [0.1, 0.15) is 42.7 Å². The molecule has 0 aliphatic heterocycles. The maximum Gasteiger partial charge on any atom is 0.204 e. The van der Waals surface area contributed by atoms with Gasteiger partial charge in [0.05, 0.1) is 0 Å². The standard InChI is InChI=1S/C24H27N.CH3NO/c1-25-17-23(24(18-25)22-10-6-3-7-11-22)16-19-12-14-21(15-13-19)20-8-4-2-5-9-20;2-1-3/h2-11,17-19,21H,12-16H2,1H3;1H,(H2,2,3). The van der Waals surface area contributed by atoms with Gasteiger partial charge in [-0.05, 0) is 60.6 Å². The molecule has 0 atom stereocenters. The van der Waals surface area contributed by atoms with Gasteiger partial charge >= 0.3 is 0 Å². The van der Waals surface area contributed by atoms with Crippen LogP contribution in [-0.4, -0.2) is 11.0 Å². The smallest absolute Gasteiger partial charge is 0.204 e. The summed E-state index contributed by atoms with van der Waals surface area (Å²) in [4.78, 5) is 8.58. The first-order valence-corrected chi connectivity index (χ1v) is 10.1. The fourth-order valence-corrected chi connectivity index (χ4v) is 4.42. The van der Waals surface area contributed by atoms with Crippen molar-refractivity contribution in [2.24, 2.45) is 18.7 Å². The van der Waals surface area contributed by atoms with Gasteiger partial charge in [-0.1, -0.05) is 60.7 Å². The van der Waals surface area contributed by atoms with Gasteiger partial charge in [0.25, 0.3) is 0 Å². The zero-order valence-corrected chi connectivity index (χ0v) is 16.6. The maximum atomic E-state index is 8.58. The molecule has 3 nitrogen and oxygen atoms in total. The van der Waals surface area contributed by atoms with E-state index in [0.29, 0.717) is 0 Å². The van der Waals surface area contributed by atoms with E-state index in [9.17, 15) is 0 Å². The van der Waals surface area contributed by atoms with Gasteiger partial charge in [-0.2, -0.15) is 0 Å². The summed E-state index contributed by atoms with van der Waals surface area (Å²) in [5, 5.41) is 0. The second kappa shape index (κ2) is 9.93. The summed E-state index contributed by atoms with van der Waals surface area (Å²) in [5.41, 5.74) is 9.96. The van der Waals surface area contributed by atoms with Crippen molar-refractivity contribution in [3.05, 3.63) is 84.2 Å². The number of hydrogen-bond donors (Lipinski definition) is 1. The number of carbonyl (C=O) groups is 1. The Hall–Kier alpha value is -2.81. The van der Waals surface area contributed by atoms with Gasteiger partial charge in [-0.15, -0.1) is 0 Å². The fourth-order valence-electron chi connectivity index (χ4n) is 4.42. The number of aryl methyl sites for hydroxylation is 1. The van der Waals surface area contributed by atoms with E-state index in [-0.39, 0.29) is 6.41 Å². The lowest BCUT2D eigenvalue weighted by atomic mass is 9.76. The molecule has 0 radical (unpaired) electrons. The van der Waals surface area contributed by atoms with Gasteiger partial charge in [0.1, 0.15) is 0 Å². The number of hydrogen-bond acceptors (Lipinski definition) is 1. The summed E-state index contributed by atoms with van der Waals surface area (Å²) in [7, 11) is 2.14. The molecule has 0 unspecified atom stereocenters. The highest BCUT2D eigenvalue weighted by molar-refractivity contribution is 5.66. The number of carbonyl (C=O) groups excluding carboxylic acids is 1. The maximum absolute atomic E-state index is 8.58. The molecule has 1 amide bonds. The Kier molecular flexibility index (Phi) is 7.07. The lowest BCUT2D eigenvalue weighted by Crippen LogP contribution is -2.15. The van der Waals surface area contributed by atoms with Crippen molar-refractivity contribution in [3.8, 4) is 11.1 Å². The number of nitrogens with two attached hydrogens (primary N) is 1. The normalized spacial score (nSPS) is 18.8. The molecule has 1 saturated carbocycles. The Morgan fingerprint density at radius 2 is 1.50 bits per heavy atom. The summed E-state index contributed by atoms with van der Waals surface area (Å²) < 4.78 is 2.22. The van der Waals surface area contributed by atoms with E-state index in [1.165, 1.54) is 54.4 Å². The minimum absolute atomic E-state index is 0.250. The molecule has 0 saturated heterocycles. The second-order valence-corrected chi connectivity index (χ2v) is 7.70. The Balaban J connectivity index is 0.000000706. The molecule has 2 N–H and O–H groups in total. The van der Waals surface area contributed by atoms with Gasteiger partial charge in [0.15, 0.2) is 0 Å². The molecule has 146 valence electrons. The Morgan fingerprint density at radius 3 is 2.11 bits per heavy atom. The van der Waals surface area contributed by atoms with Gasteiger partial charge in [-0.3, -0.25) is 4.79 Å². The summed E-state index contributed by atoms with van der Waals surface area (Å²) in [5.74, 6) is 1.59. The van der Waals surface area contributed by atoms with Crippen LogP contribution in [0.2, 0.25) is 0 Å². The zero-order chi connectivity index (χ0) is 19.8. The third kappa shape index (κ3) is 5.13. The largest absolute Gasteiger partial charge is 0.372 e. The number of amides is 1. The van der Waals surface area contributed by atoms with E-state index in [4.69, 9.17) is 4.79 Å². The number of benzene rings is 2. The van der Waals surface area contributed by atoms with Crippen LogP contribution in [-0.2, 0) is 18.3 Å². The van der Waals surface area contributed by atoms with E-state index < -0.39 is 0 Å². The van der Waals surface area contributed by atoms with E-state index >= 15 is 0 Å². The van der Waals surface area contributed by atoms with Crippen LogP contribution in [0.4, 0.5) is 0 Å². The van der Waals surface area contributed by atoms with Gasteiger partial charge < -0.3 is 10.3 Å². The highest BCUT2D eigenvalue weighted by Crippen LogP contribution is 2.38. The molecular formula is C25H30N2O. The van der Waals surface area contributed by atoms with Gasteiger partial charge in [0, 0.05) is 25.0 Å². The molecule has 1 aliphatic rings. The van der Waals surface area contributed by atoms with E-state index in [2.05, 4.69) is 90.4 Å². The van der Waals surface area contributed by atoms with Gasteiger partial charge in [-0.25, -0.2) is 0 Å². The molecule has 3 aromatic rings. The molecule has 1 heterocycles. The molecule has 1 aromatic heterocycles. The summed E-state index contributed by atoms with van der Waals surface area (Å²) >= 11 is 0. The molecule has 1 fully saturated rings. The molecule has 0 bridgehead atoms. The molecule has 28 heavy (non-hydrogen) atoms. The minimum atomic E-state index is 0.250. The quantitative estimate of drug-likeness (QED) is 0.618. The first-order valence-electron chi connectivity index (χ1n) is 10.1. The predicted octanol–water partition coefficient (Wildman–Crippen LogP) is 5.31. The van der Waals surface area contributed by atoms with Gasteiger partial charge in [0.2, 0.25) is 6.41 Å². The predicted molar refractivity (Wildman–Crippen MR) is 116 cm³/mol. The van der Waals surface area contributed by atoms with E-state index in [0.717, 1.165) is 11.8 Å². The van der Waals surface area contributed by atoms with Crippen molar-refractivity contribution in [2.45, 2.75) is 38.0 Å². The van der Waals surface area contributed by atoms with Crippen molar-refractivity contribution in [1.82, 2.24) is 4.57 Å². The van der Waals surface area contributed by atoms with Crippen LogP contribution in [0.15, 0.2) is 73.1 Å². The molecule has 4 rings (SSSR count). The second-order valence-electron chi connectivity index (χ2n) is 7.70. The first kappa shape index (κ1) is 19.9. The number of nitrogens with zero attached hydrogens (tertiary/aromatic N) is 1. The van der Waals surface area contributed by atoms with Crippen molar-refractivity contribution in [1.29, 1.82) is 0 Å². The summed E-state index contributed by atoms with van der Waals surface area (Å²) in [6.07, 6.45) is 11.4. The molecule has 1 aliphatic carbocycles. The third-order valence-corrected chi connectivity index (χ3v) is 5.75. The lowest BCUT2D eigenvalue weighted by Gasteiger charge is -2.29. The first-order chi connectivity index (χ1) is 13.7. The highest BCUT2D eigenvalue weighted by atomic mass is 16.1. The summed E-state index contributed by atoms with van der Waals surface area (Å²) in [6.45, 7) is 0. The van der Waals surface area contributed by atoms with Crippen molar-refractivity contribution in [3.63, 3.8) is 0 Å². The van der Waals surface area contributed by atoms with Crippen molar-refractivity contribution < 1.29 is 4.79 Å². The number of rotatable bonds is 4. The SMILES string of the molecule is Cn1cc(CC2CCC(c3ccccc3)CC2)c(-c2ccccc2)c1.NC=O. The van der Waals surface area contributed by atoms with Crippen LogP contribution < -0.4 is 5.73 Å². The highest BCUT2D eigenvalue weighted by Gasteiger charge is 2.23. The third-order valence-electron chi connectivity index (χ3n) is 5.75. The topological polar surface area (TPSA) is 48.0 Å². The lowest BCUT2D eigenvalue weighted by molar-refractivity contribution is -0.106. The number of primary amides is 1. The van der Waals surface area contributed by atoms with Crippen LogP contribution in [0.3, 0.4) is 0 Å². The minimum Gasteiger partial charge on any atom is -0.372 e. The van der Waals surface area contributed by atoms with Crippen LogP contribution in [0.25, 0.3) is 11.1 Å². The fraction of sp³-hybridized carbons (Fsp3) is 0.320. The Bertz CT molecular complexity index is 847. The van der Waals surface area contributed by atoms with Crippen LogP contribution >= 0.6 is 0 Å². The monoisotopic (exact) mass is 374 g/mol. The summed E-state index contributed by atoms with van der Waals surface area (Å²) in [6, 6.07) is 21.9. The van der Waals surface area contributed by atoms with Crippen LogP contribution in [0, 0.1) is 5.92 Å². The Labute approximate surface area is 168 Å². The van der Waals surface area contributed by atoms with Crippen LogP contribution in [0.5, 0.6) is 0 Å². The molecular weight excluding hydrogens is 344 g/mol. The molecule has 3 heteroatoms. The van der Waals surface area contributed by atoms with E-state index in [1.807, 2.05) is 0 Å². The Morgan fingerprint density at radius 1 is 0.929 bits per heavy atom. The molecule has 0 spiro atoms. The number of aromatic nitrogens is 1. The zero-order valence-electron chi connectivity index (χ0n) is 16.6. The molecule has 2 aromatic carbocycles. The van der Waals surface area contributed by atoms with Crippen molar-refractivity contribution in [2.75, 3.05) is 0 Å². The average molecular weight is 375 g/mol. The van der Waals surface area contributed by atoms with Crippen molar-refractivity contribution >= 4 is 6.41 Å².